The van der Waals surface area contributed by atoms with Crippen LogP contribution in [0.3, 0.4) is 0 Å². The number of aromatic nitrogens is 1. The van der Waals surface area contributed by atoms with Crippen LogP contribution in [-0.4, -0.2) is 10.9 Å². The van der Waals surface area contributed by atoms with Crippen LogP contribution >= 0.6 is 0 Å². The van der Waals surface area contributed by atoms with E-state index in [0.29, 0.717) is 12.1 Å². The van der Waals surface area contributed by atoms with E-state index < -0.39 is 0 Å². The van der Waals surface area contributed by atoms with Crippen LogP contribution in [0.15, 0.2) is 42.6 Å². The maximum absolute atomic E-state index is 13.3. The molecule has 4 heteroatoms. The zero-order chi connectivity index (χ0) is 12.5. The van der Waals surface area contributed by atoms with Gasteiger partial charge < -0.3 is 5.32 Å². The van der Waals surface area contributed by atoms with Crippen molar-refractivity contribution in [2.24, 2.45) is 0 Å². The van der Waals surface area contributed by atoms with Gasteiger partial charge in [-0.25, -0.2) is 4.39 Å². The van der Waals surface area contributed by atoms with Crippen LogP contribution in [0.2, 0.25) is 0 Å². The SMILES string of the molecule is O=C1CC(c2ccccn2)c2cc(F)ccc2N1. The van der Waals surface area contributed by atoms with Gasteiger partial charge in [-0.05, 0) is 35.9 Å². The zero-order valence-corrected chi connectivity index (χ0v) is 9.56. The van der Waals surface area contributed by atoms with E-state index in [2.05, 4.69) is 10.3 Å². The molecule has 0 spiro atoms. The second kappa shape index (κ2) is 4.22. The van der Waals surface area contributed by atoms with Crippen molar-refractivity contribution >= 4 is 11.6 Å². The number of anilines is 1. The highest BCUT2D eigenvalue weighted by molar-refractivity contribution is 5.95. The number of amides is 1. The van der Waals surface area contributed by atoms with Gasteiger partial charge in [0, 0.05) is 29.9 Å². The molecule has 0 radical (unpaired) electrons. The van der Waals surface area contributed by atoms with E-state index >= 15 is 0 Å². The van der Waals surface area contributed by atoms with Crippen molar-refractivity contribution in [3.63, 3.8) is 0 Å². The minimum absolute atomic E-state index is 0.0650. The lowest BCUT2D eigenvalue weighted by Gasteiger charge is -2.25. The molecular weight excluding hydrogens is 231 g/mol. The maximum atomic E-state index is 13.3. The van der Waals surface area contributed by atoms with Crippen molar-refractivity contribution < 1.29 is 9.18 Å². The monoisotopic (exact) mass is 242 g/mol. The summed E-state index contributed by atoms with van der Waals surface area (Å²) >= 11 is 0. The average molecular weight is 242 g/mol. The maximum Gasteiger partial charge on any atom is 0.225 e. The molecule has 2 heterocycles. The highest BCUT2D eigenvalue weighted by Crippen LogP contribution is 2.36. The van der Waals surface area contributed by atoms with Gasteiger partial charge in [0.1, 0.15) is 5.82 Å². The highest BCUT2D eigenvalue weighted by Gasteiger charge is 2.27. The van der Waals surface area contributed by atoms with Crippen molar-refractivity contribution in [1.29, 1.82) is 0 Å². The topological polar surface area (TPSA) is 42.0 Å². The second-order valence-corrected chi connectivity index (χ2v) is 4.29. The van der Waals surface area contributed by atoms with Gasteiger partial charge in [0.25, 0.3) is 0 Å². The molecule has 3 nitrogen and oxygen atoms in total. The standard InChI is InChI=1S/C14H11FN2O/c15-9-4-5-13-10(7-9)11(8-14(18)17-13)12-3-1-2-6-16-12/h1-7,11H,8H2,(H,17,18). The van der Waals surface area contributed by atoms with Crippen molar-refractivity contribution in [3.8, 4) is 0 Å². The fourth-order valence-corrected chi connectivity index (χ4v) is 2.28. The lowest BCUT2D eigenvalue weighted by atomic mass is 9.87. The number of nitrogens with zero attached hydrogens (tertiary/aromatic N) is 1. The lowest BCUT2D eigenvalue weighted by Crippen LogP contribution is -2.24. The Labute approximate surface area is 104 Å². The first kappa shape index (κ1) is 10.9. The molecule has 1 aromatic carbocycles. The van der Waals surface area contributed by atoms with Crippen LogP contribution in [0, 0.1) is 5.82 Å². The van der Waals surface area contributed by atoms with E-state index in [9.17, 15) is 9.18 Å². The van der Waals surface area contributed by atoms with Gasteiger partial charge >= 0.3 is 0 Å². The Morgan fingerprint density at radius 1 is 1.28 bits per heavy atom. The van der Waals surface area contributed by atoms with Gasteiger partial charge in [-0.1, -0.05) is 6.07 Å². The number of benzene rings is 1. The zero-order valence-electron chi connectivity index (χ0n) is 9.56. The van der Waals surface area contributed by atoms with Crippen LogP contribution in [0.1, 0.15) is 23.6 Å². The quantitative estimate of drug-likeness (QED) is 0.835. The largest absolute Gasteiger partial charge is 0.326 e. The minimum Gasteiger partial charge on any atom is -0.326 e. The summed E-state index contributed by atoms with van der Waals surface area (Å²) < 4.78 is 13.3. The normalized spacial score (nSPS) is 18.1. The molecule has 1 N–H and O–H groups in total. The molecule has 3 rings (SSSR count). The Morgan fingerprint density at radius 2 is 2.17 bits per heavy atom. The second-order valence-electron chi connectivity index (χ2n) is 4.29. The van der Waals surface area contributed by atoms with Crippen LogP contribution in [-0.2, 0) is 4.79 Å². The molecule has 1 atom stereocenters. The average Bonchev–Trinajstić information content (AvgIpc) is 2.39. The minimum atomic E-state index is -0.300. The number of pyridine rings is 1. The molecule has 0 aliphatic carbocycles. The van der Waals surface area contributed by atoms with Crippen LogP contribution in [0.25, 0.3) is 0 Å². The van der Waals surface area contributed by atoms with Crippen LogP contribution in [0.5, 0.6) is 0 Å². The van der Waals surface area contributed by atoms with Gasteiger partial charge in [-0.15, -0.1) is 0 Å². The van der Waals surface area contributed by atoms with Crippen LogP contribution < -0.4 is 5.32 Å². The third kappa shape index (κ3) is 1.86. The van der Waals surface area contributed by atoms with Gasteiger partial charge in [-0.2, -0.15) is 0 Å². The van der Waals surface area contributed by atoms with E-state index in [1.165, 1.54) is 12.1 Å². The van der Waals surface area contributed by atoms with Crippen molar-refractivity contribution in [2.45, 2.75) is 12.3 Å². The molecule has 1 unspecified atom stereocenters. The van der Waals surface area contributed by atoms with Crippen molar-refractivity contribution in [1.82, 2.24) is 4.98 Å². The van der Waals surface area contributed by atoms with E-state index in [0.717, 1.165) is 11.3 Å². The Kier molecular flexibility index (Phi) is 2.55. The third-order valence-corrected chi connectivity index (χ3v) is 3.10. The van der Waals surface area contributed by atoms with Crippen molar-refractivity contribution in [3.05, 3.63) is 59.7 Å². The third-order valence-electron chi connectivity index (χ3n) is 3.10. The molecule has 1 amide bonds. The molecule has 1 aromatic heterocycles. The van der Waals surface area contributed by atoms with Gasteiger partial charge in [0.15, 0.2) is 0 Å². The van der Waals surface area contributed by atoms with Gasteiger partial charge in [0.2, 0.25) is 5.91 Å². The van der Waals surface area contributed by atoms with E-state index in [4.69, 9.17) is 0 Å². The molecule has 1 aliphatic heterocycles. The van der Waals surface area contributed by atoms with Gasteiger partial charge in [0.05, 0.1) is 0 Å². The predicted octanol–water partition coefficient (Wildman–Crippen LogP) is 2.69. The number of hydrogen-bond acceptors (Lipinski definition) is 2. The first-order valence-electron chi connectivity index (χ1n) is 5.74. The summed E-state index contributed by atoms with van der Waals surface area (Å²) in [5, 5.41) is 2.75. The molecule has 0 saturated carbocycles. The summed E-state index contributed by atoms with van der Waals surface area (Å²) in [4.78, 5) is 15.9. The first-order valence-corrected chi connectivity index (χ1v) is 5.74. The summed E-state index contributed by atoms with van der Waals surface area (Å²) in [6.07, 6.45) is 1.98. The summed E-state index contributed by atoms with van der Waals surface area (Å²) in [5.41, 5.74) is 2.25. The smallest absolute Gasteiger partial charge is 0.225 e. The summed E-state index contributed by atoms with van der Waals surface area (Å²) in [6, 6.07) is 9.95. The molecule has 0 fully saturated rings. The summed E-state index contributed by atoms with van der Waals surface area (Å²) in [7, 11) is 0. The molecule has 2 aromatic rings. The Bertz CT molecular complexity index is 598. The number of nitrogens with one attached hydrogen (secondary N) is 1. The molecule has 90 valence electrons. The van der Waals surface area contributed by atoms with Crippen LogP contribution in [0.4, 0.5) is 10.1 Å². The number of rotatable bonds is 1. The fourth-order valence-electron chi connectivity index (χ4n) is 2.28. The number of halogens is 1. The van der Waals surface area contributed by atoms with E-state index in [-0.39, 0.29) is 17.6 Å². The van der Waals surface area contributed by atoms with E-state index in [1.54, 1.807) is 12.3 Å². The molecule has 0 bridgehead atoms. The molecule has 0 saturated heterocycles. The van der Waals surface area contributed by atoms with E-state index in [1.807, 2.05) is 18.2 Å². The fraction of sp³-hybridized carbons (Fsp3) is 0.143. The number of hydrogen-bond donors (Lipinski definition) is 1. The predicted molar refractivity (Wildman–Crippen MR) is 65.7 cm³/mol. The molecule has 18 heavy (non-hydrogen) atoms. The Balaban J connectivity index is 2.12. The number of carbonyl (C=O) groups excluding carboxylic acids is 1. The molecule has 1 aliphatic rings. The lowest BCUT2D eigenvalue weighted by molar-refractivity contribution is -0.116. The summed E-state index contributed by atoms with van der Waals surface area (Å²) in [5.74, 6) is -0.541. The van der Waals surface area contributed by atoms with Crippen molar-refractivity contribution in [2.75, 3.05) is 5.32 Å². The Hall–Kier alpha value is -2.23. The molecular formula is C14H11FN2O. The highest BCUT2D eigenvalue weighted by atomic mass is 19.1. The number of fused-ring (bicyclic) bond motifs is 1. The number of carbonyl (C=O) groups is 1. The Morgan fingerprint density at radius 3 is 2.94 bits per heavy atom. The summed E-state index contributed by atoms with van der Waals surface area (Å²) in [6.45, 7) is 0. The van der Waals surface area contributed by atoms with Gasteiger partial charge in [-0.3, -0.25) is 9.78 Å². The first-order chi connectivity index (χ1) is 8.74.